The molecule has 60 valence electrons. The fourth-order valence-corrected chi connectivity index (χ4v) is 2.38. The molecule has 0 radical (unpaired) electrons. The Labute approximate surface area is 62.5 Å². The maximum absolute atomic E-state index is 10.9. The highest BCUT2D eigenvalue weighted by Crippen LogP contribution is 2.09. The fraction of sp³-hybridized carbons (Fsp3) is 1.00. The summed E-state index contributed by atoms with van der Waals surface area (Å²) in [5.41, 5.74) is 0. The smallest absolute Gasteiger partial charge is 0.0656 e. The summed E-state index contributed by atoms with van der Waals surface area (Å²) in [7, 11) is -1.02. The number of hydrogen-bond donors (Lipinski definition) is 2. The minimum atomic E-state index is -1.02. The van der Waals surface area contributed by atoms with Gasteiger partial charge in [0.15, 0.2) is 0 Å². The van der Waals surface area contributed by atoms with Crippen molar-refractivity contribution in [2.45, 2.75) is 25.0 Å². The van der Waals surface area contributed by atoms with Gasteiger partial charge in [-0.2, -0.15) is 0 Å². The van der Waals surface area contributed by atoms with Gasteiger partial charge in [-0.1, -0.05) is 0 Å². The average molecular weight is 164 g/mol. The molecular formula is C6H12O3S. The van der Waals surface area contributed by atoms with Crippen molar-refractivity contribution in [2.24, 2.45) is 0 Å². The van der Waals surface area contributed by atoms with E-state index in [9.17, 15) is 4.21 Å². The Morgan fingerprint density at radius 3 is 1.90 bits per heavy atom. The minimum Gasteiger partial charge on any atom is -0.392 e. The van der Waals surface area contributed by atoms with Crippen LogP contribution in [0.15, 0.2) is 0 Å². The van der Waals surface area contributed by atoms with Gasteiger partial charge in [-0.25, -0.2) is 0 Å². The topological polar surface area (TPSA) is 57.5 Å². The van der Waals surface area contributed by atoms with Crippen molar-refractivity contribution in [1.82, 2.24) is 0 Å². The van der Waals surface area contributed by atoms with Crippen LogP contribution in [0.25, 0.3) is 0 Å². The zero-order valence-corrected chi connectivity index (χ0v) is 6.51. The summed E-state index contributed by atoms with van der Waals surface area (Å²) in [6.07, 6.45) is 0.204. The zero-order valence-electron chi connectivity index (χ0n) is 5.69. The first-order chi connectivity index (χ1) is 4.68. The summed E-state index contributed by atoms with van der Waals surface area (Å²) in [5.74, 6) is 0.661. The van der Waals surface area contributed by atoms with Gasteiger partial charge in [0.1, 0.15) is 0 Å². The third-order valence-electron chi connectivity index (χ3n) is 1.59. The van der Waals surface area contributed by atoms with Crippen LogP contribution < -0.4 is 0 Å². The molecule has 1 unspecified atom stereocenters. The molecule has 3 nitrogen and oxygen atoms in total. The van der Waals surface area contributed by atoms with Crippen molar-refractivity contribution < 1.29 is 14.4 Å². The number of aliphatic hydroxyl groups is 2. The second-order valence-corrected chi connectivity index (χ2v) is 4.20. The van der Waals surface area contributed by atoms with Crippen LogP contribution in [0, 0.1) is 0 Å². The van der Waals surface area contributed by atoms with Crippen molar-refractivity contribution in [2.75, 3.05) is 11.5 Å². The molecule has 1 rings (SSSR count). The third kappa shape index (κ3) is 2.36. The Bertz CT molecular complexity index is 123. The summed E-state index contributed by atoms with van der Waals surface area (Å²) in [5, 5.41) is 18.1. The SMILES string of the molecule is O=S1C[C@H](O)CC[C@H](O)C1. The summed E-state index contributed by atoms with van der Waals surface area (Å²) in [4.78, 5) is 0. The van der Waals surface area contributed by atoms with Gasteiger partial charge in [0.05, 0.1) is 12.2 Å². The van der Waals surface area contributed by atoms with Crippen LogP contribution >= 0.6 is 0 Å². The van der Waals surface area contributed by atoms with Gasteiger partial charge >= 0.3 is 0 Å². The van der Waals surface area contributed by atoms with Crippen molar-refractivity contribution in [3.8, 4) is 0 Å². The highest BCUT2D eigenvalue weighted by atomic mass is 32.2. The monoisotopic (exact) mass is 164 g/mol. The molecular weight excluding hydrogens is 152 g/mol. The number of aliphatic hydroxyl groups excluding tert-OH is 2. The lowest BCUT2D eigenvalue weighted by molar-refractivity contribution is 0.144. The lowest BCUT2D eigenvalue weighted by atomic mass is 10.1. The third-order valence-corrected chi connectivity index (χ3v) is 3.10. The molecule has 0 spiro atoms. The molecule has 3 atom stereocenters. The van der Waals surface area contributed by atoms with E-state index in [0.717, 1.165) is 0 Å². The quantitative estimate of drug-likeness (QED) is 0.495. The van der Waals surface area contributed by atoms with E-state index in [2.05, 4.69) is 0 Å². The molecule has 2 N–H and O–H groups in total. The molecule has 0 amide bonds. The van der Waals surface area contributed by atoms with Crippen LogP contribution in [-0.4, -0.2) is 38.1 Å². The predicted molar refractivity (Wildman–Crippen MR) is 39.1 cm³/mol. The van der Waals surface area contributed by atoms with Gasteiger partial charge in [-0.05, 0) is 12.8 Å². The van der Waals surface area contributed by atoms with Crippen LogP contribution in [0.4, 0.5) is 0 Å². The largest absolute Gasteiger partial charge is 0.392 e. The zero-order chi connectivity index (χ0) is 7.56. The van der Waals surface area contributed by atoms with Crippen LogP contribution in [-0.2, 0) is 10.8 Å². The Balaban J connectivity index is 2.46. The Morgan fingerprint density at radius 2 is 1.50 bits per heavy atom. The van der Waals surface area contributed by atoms with Gasteiger partial charge in [0.25, 0.3) is 0 Å². The molecule has 4 heteroatoms. The maximum atomic E-state index is 10.9. The molecule has 1 fully saturated rings. The standard InChI is InChI=1S/C6H12O3S/c7-5-1-2-6(8)4-10(9)3-5/h5-8H,1-4H2/t5-,6+,10?. The van der Waals surface area contributed by atoms with Gasteiger partial charge in [0.2, 0.25) is 0 Å². The van der Waals surface area contributed by atoms with E-state index in [1.165, 1.54) is 0 Å². The van der Waals surface area contributed by atoms with Gasteiger partial charge in [0, 0.05) is 22.3 Å². The number of hydrogen-bond acceptors (Lipinski definition) is 3. The molecule has 1 saturated heterocycles. The fourth-order valence-electron chi connectivity index (χ4n) is 1.05. The molecule has 0 aromatic heterocycles. The normalized spacial score (nSPS) is 42.8. The van der Waals surface area contributed by atoms with Gasteiger partial charge in [-0.15, -0.1) is 0 Å². The lowest BCUT2D eigenvalue weighted by Gasteiger charge is -2.02. The first-order valence-electron chi connectivity index (χ1n) is 3.39. The molecule has 1 aliphatic rings. The second-order valence-electron chi connectivity index (χ2n) is 2.66. The van der Waals surface area contributed by atoms with E-state index in [1.807, 2.05) is 0 Å². The Kier molecular flexibility index (Phi) is 2.82. The maximum Gasteiger partial charge on any atom is 0.0656 e. The predicted octanol–water partition coefficient (Wildman–Crippen LogP) is -0.749. The minimum absolute atomic E-state index is 0.330. The lowest BCUT2D eigenvalue weighted by Crippen LogP contribution is -2.16. The first kappa shape index (κ1) is 8.17. The molecule has 1 heterocycles. The van der Waals surface area contributed by atoms with Crippen molar-refractivity contribution >= 4 is 10.8 Å². The van der Waals surface area contributed by atoms with Crippen molar-refractivity contribution in [1.29, 1.82) is 0 Å². The molecule has 10 heavy (non-hydrogen) atoms. The molecule has 0 aromatic rings. The first-order valence-corrected chi connectivity index (χ1v) is 4.88. The van der Waals surface area contributed by atoms with Crippen LogP contribution in [0.5, 0.6) is 0 Å². The Hall–Kier alpha value is 0.0700. The average Bonchev–Trinajstić information content (AvgIpc) is 1.93. The van der Waals surface area contributed by atoms with E-state index in [0.29, 0.717) is 24.3 Å². The van der Waals surface area contributed by atoms with Crippen LogP contribution in [0.1, 0.15) is 12.8 Å². The summed E-state index contributed by atoms with van der Waals surface area (Å²) in [6.45, 7) is 0. The van der Waals surface area contributed by atoms with E-state index < -0.39 is 23.0 Å². The molecule has 0 aliphatic carbocycles. The summed E-state index contributed by atoms with van der Waals surface area (Å²) < 4.78 is 10.9. The molecule has 1 aliphatic heterocycles. The molecule has 0 saturated carbocycles. The van der Waals surface area contributed by atoms with E-state index in [-0.39, 0.29) is 0 Å². The Morgan fingerprint density at radius 1 is 1.10 bits per heavy atom. The molecule has 0 bridgehead atoms. The van der Waals surface area contributed by atoms with Crippen molar-refractivity contribution in [3.63, 3.8) is 0 Å². The summed E-state index contributed by atoms with van der Waals surface area (Å²) in [6, 6.07) is 0. The van der Waals surface area contributed by atoms with Gasteiger partial charge in [-0.3, -0.25) is 4.21 Å². The van der Waals surface area contributed by atoms with Crippen LogP contribution in [0.3, 0.4) is 0 Å². The van der Waals surface area contributed by atoms with Gasteiger partial charge < -0.3 is 10.2 Å². The molecule has 0 aromatic carbocycles. The van der Waals surface area contributed by atoms with Crippen molar-refractivity contribution in [3.05, 3.63) is 0 Å². The van der Waals surface area contributed by atoms with E-state index in [1.54, 1.807) is 0 Å². The highest BCUT2D eigenvalue weighted by Gasteiger charge is 2.19. The summed E-state index contributed by atoms with van der Waals surface area (Å²) >= 11 is 0. The highest BCUT2D eigenvalue weighted by molar-refractivity contribution is 7.85. The second kappa shape index (κ2) is 3.46. The van der Waals surface area contributed by atoms with Crippen LogP contribution in [0.2, 0.25) is 0 Å². The van der Waals surface area contributed by atoms with E-state index >= 15 is 0 Å². The number of rotatable bonds is 0. The van der Waals surface area contributed by atoms with E-state index in [4.69, 9.17) is 10.2 Å².